The molecule has 28 heavy (non-hydrogen) atoms. The maximum Gasteiger partial charge on any atom is 0.279 e. The number of hydrogen-bond acceptors (Lipinski definition) is 3. The Morgan fingerprint density at radius 2 is 1.75 bits per heavy atom. The second-order valence-electron chi connectivity index (χ2n) is 6.52. The lowest BCUT2D eigenvalue weighted by molar-refractivity contribution is 0.0971. The van der Waals surface area contributed by atoms with Crippen LogP contribution in [-0.4, -0.2) is 15.7 Å². The Kier molecular flexibility index (Phi) is 6.26. The quantitative estimate of drug-likeness (QED) is 0.607. The molecule has 6 heteroatoms. The van der Waals surface area contributed by atoms with Crippen molar-refractivity contribution in [3.63, 3.8) is 0 Å². The zero-order chi connectivity index (χ0) is 20.1. The third-order valence-corrected chi connectivity index (χ3v) is 4.77. The van der Waals surface area contributed by atoms with E-state index in [0.717, 1.165) is 17.7 Å². The second-order valence-corrected chi connectivity index (χ2v) is 6.95. The number of anilines is 1. The van der Waals surface area contributed by atoms with Crippen molar-refractivity contribution in [2.24, 2.45) is 0 Å². The first-order valence-corrected chi connectivity index (χ1v) is 9.61. The highest BCUT2D eigenvalue weighted by Crippen LogP contribution is 2.29. The van der Waals surface area contributed by atoms with Gasteiger partial charge in [-0.15, -0.1) is 0 Å². The van der Waals surface area contributed by atoms with Crippen molar-refractivity contribution in [3.05, 3.63) is 93.4 Å². The molecule has 0 unspecified atom stereocenters. The SMILES string of the molecule is CCCn1nc(C(=O)N(c2ccccc2)[C@@H](C)c2ccc(Cl)cc2)ccc1=O. The number of amides is 1. The lowest BCUT2D eigenvalue weighted by Crippen LogP contribution is -2.36. The Labute approximate surface area is 169 Å². The van der Waals surface area contributed by atoms with Crippen molar-refractivity contribution in [2.45, 2.75) is 32.9 Å². The van der Waals surface area contributed by atoms with Crippen molar-refractivity contribution < 1.29 is 4.79 Å². The number of nitrogens with zero attached hydrogens (tertiary/aromatic N) is 3. The number of aromatic nitrogens is 2. The molecule has 0 spiro atoms. The number of para-hydroxylation sites is 1. The fourth-order valence-corrected chi connectivity index (χ4v) is 3.18. The molecule has 0 aliphatic carbocycles. The summed E-state index contributed by atoms with van der Waals surface area (Å²) in [5.74, 6) is -0.265. The Morgan fingerprint density at radius 1 is 1.07 bits per heavy atom. The highest BCUT2D eigenvalue weighted by atomic mass is 35.5. The van der Waals surface area contributed by atoms with Gasteiger partial charge in [0.2, 0.25) is 0 Å². The Bertz CT molecular complexity index is 1000. The van der Waals surface area contributed by atoms with Crippen molar-refractivity contribution >= 4 is 23.2 Å². The second kappa shape index (κ2) is 8.85. The molecule has 1 atom stereocenters. The topological polar surface area (TPSA) is 55.2 Å². The normalized spacial score (nSPS) is 11.8. The van der Waals surface area contributed by atoms with Crippen LogP contribution in [0.25, 0.3) is 0 Å². The van der Waals surface area contributed by atoms with Gasteiger partial charge in [0.25, 0.3) is 11.5 Å². The molecule has 1 heterocycles. The van der Waals surface area contributed by atoms with Crippen LogP contribution in [0, 0.1) is 0 Å². The number of benzene rings is 2. The van der Waals surface area contributed by atoms with Crippen molar-refractivity contribution in [3.8, 4) is 0 Å². The third-order valence-electron chi connectivity index (χ3n) is 4.51. The molecule has 0 saturated carbocycles. The van der Waals surface area contributed by atoms with E-state index in [0.29, 0.717) is 11.6 Å². The summed E-state index contributed by atoms with van der Waals surface area (Å²) in [5.41, 5.74) is 1.72. The molecule has 0 N–H and O–H groups in total. The summed E-state index contributed by atoms with van der Waals surface area (Å²) < 4.78 is 1.34. The smallest absolute Gasteiger partial charge is 0.279 e. The van der Waals surface area contributed by atoms with Gasteiger partial charge in [-0.2, -0.15) is 5.10 Å². The summed E-state index contributed by atoms with van der Waals surface area (Å²) in [5, 5.41) is 4.93. The third kappa shape index (κ3) is 4.31. The summed E-state index contributed by atoms with van der Waals surface area (Å²) in [6.07, 6.45) is 0.758. The maximum absolute atomic E-state index is 13.4. The molecule has 0 fully saturated rings. The molecule has 0 aliphatic heterocycles. The minimum absolute atomic E-state index is 0.213. The van der Waals surface area contributed by atoms with E-state index < -0.39 is 0 Å². The van der Waals surface area contributed by atoms with Gasteiger partial charge in [0.05, 0.1) is 6.04 Å². The van der Waals surface area contributed by atoms with Crippen molar-refractivity contribution in [1.82, 2.24) is 9.78 Å². The van der Waals surface area contributed by atoms with E-state index >= 15 is 0 Å². The fraction of sp³-hybridized carbons (Fsp3) is 0.227. The Morgan fingerprint density at radius 3 is 2.39 bits per heavy atom. The zero-order valence-electron chi connectivity index (χ0n) is 15.9. The maximum atomic E-state index is 13.4. The standard InChI is InChI=1S/C22H22ClN3O2/c1-3-15-25-21(27)14-13-20(24-25)22(28)26(19-7-5-4-6-8-19)16(2)17-9-11-18(23)12-10-17/h4-14,16H,3,15H2,1-2H3/t16-/m0/s1. The largest absolute Gasteiger partial charge is 0.300 e. The van der Waals surface area contributed by atoms with Gasteiger partial charge < -0.3 is 0 Å². The lowest BCUT2D eigenvalue weighted by atomic mass is 10.1. The zero-order valence-corrected chi connectivity index (χ0v) is 16.6. The monoisotopic (exact) mass is 395 g/mol. The Balaban J connectivity index is 2.04. The first-order chi connectivity index (χ1) is 13.5. The van der Waals surface area contributed by atoms with Crippen LogP contribution in [0.4, 0.5) is 5.69 Å². The number of rotatable bonds is 6. The lowest BCUT2D eigenvalue weighted by Gasteiger charge is -2.29. The molecule has 1 aromatic heterocycles. The van der Waals surface area contributed by atoms with Gasteiger partial charge >= 0.3 is 0 Å². The number of carbonyl (C=O) groups is 1. The summed E-state index contributed by atoms with van der Waals surface area (Å²) in [6, 6.07) is 19.5. The Hall–Kier alpha value is -2.92. The predicted molar refractivity (Wildman–Crippen MR) is 112 cm³/mol. The molecular formula is C22H22ClN3O2. The van der Waals surface area contributed by atoms with Gasteiger partial charge in [-0.05, 0) is 49.2 Å². The van der Waals surface area contributed by atoms with Crippen LogP contribution in [-0.2, 0) is 6.54 Å². The van der Waals surface area contributed by atoms with Crippen LogP contribution in [0.15, 0.2) is 71.5 Å². The predicted octanol–water partition coefficient (Wildman–Crippen LogP) is 4.71. The molecule has 1 amide bonds. The summed E-state index contributed by atoms with van der Waals surface area (Å²) in [7, 11) is 0. The van der Waals surface area contributed by atoms with E-state index in [4.69, 9.17) is 11.6 Å². The van der Waals surface area contributed by atoms with Crippen LogP contribution < -0.4 is 10.5 Å². The van der Waals surface area contributed by atoms with Gasteiger partial charge in [0.1, 0.15) is 5.69 Å². The van der Waals surface area contributed by atoms with E-state index in [1.807, 2.05) is 56.3 Å². The van der Waals surface area contributed by atoms with E-state index in [2.05, 4.69) is 5.10 Å². The fourth-order valence-electron chi connectivity index (χ4n) is 3.05. The molecule has 3 aromatic rings. The molecular weight excluding hydrogens is 374 g/mol. The minimum atomic E-state index is -0.265. The van der Waals surface area contributed by atoms with E-state index in [1.54, 1.807) is 17.0 Å². The number of hydrogen-bond donors (Lipinski definition) is 0. The molecule has 0 radical (unpaired) electrons. The van der Waals surface area contributed by atoms with Crippen molar-refractivity contribution in [1.29, 1.82) is 0 Å². The van der Waals surface area contributed by atoms with Crippen LogP contribution >= 0.6 is 11.6 Å². The van der Waals surface area contributed by atoms with Gasteiger partial charge in [-0.25, -0.2) is 4.68 Å². The average Bonchev–Trinajstić information content (AvgIpc) is 2.71. The van der Waals surface area contributed by atoms with Crippen molar-refractivity contribution in [2.75, 3.05) is 4.90 Å². The molecule has 0 aliphatic rings. The molecule has 0 saturated heterocycles. The number of carbonyl (C=O) groups excluding carboxylic acids is 1. The molecule has 0 bridgehead atoms. The van der Waals surface area contributed by atoms with Gasteiger partial charge in [-0.1, -0.05) is 48.9 Å². The van der Waals surface area contributed by atoms with Crippen LogP contribution in [0.3, 0.4) is 0 Å². The first kappa shape index (κ1) is 19.8. The molecule has 2 aromatic carbocycles. The number of halogens is 1. The average molecular weight is 396 g/mol. The highest BCUT2D eigenvalue weighted by molar-refractivity contribution is 6.30. The number of aryl methyl sites for hydroxylation is 1. The molecule has 144 valence electrons. The minimum Gasteiger partial charge on any atom is -0.300 e. The summed E-state index contributed by atoms with van der Waals surface area (Å²) in [4.78, 5) is 27.1. The summed E-state index contributed by atoms with van der Waals surface area (Å²) in [6.45, 7) is 4.38. The van der Waals surface area contributed by atoms with E-state index in [-0.39, 0.29) is 23.2 Å². The van der Waals surface area contributed by atoms with E-state index in [9.17, 15) is 9.59 Å². The van der Waals surface area contributed by atoms with Crippen LogP contribution in [0.5, 0.6) is 0 Å². The van der Waals surface area contributed by atoms with Gasteiger partial charge in [0.15, 0.2) is 0 Å². The van der Waals surface area contributed by atoms with Gasteiger partial charge in [0, 0.05) is 23.3 Å². The van der Waals surface area contributed by atoms with Gasteiger partial charge in [-0.3, -0.25) is 14.5 Å². The highest BCUT2D eigenvalue weighted by Gasteiger charge is 2.26. The molecule has 5 nitrogen and oxygen atoms in total. The van der Waals surface area contributed by atoms with Crippen LogP contribution in [0.1, 0.15) is 42.4 Å². The first-order valence-electron chi connectivity index (χ1n) is 9.23. The molecule has 3 rings (SSSR count). The van der Waals surface area contributed by atoms with E-state index in [1.165, 1.54) is 16.8 Å². The van der Waals surface area contributed by atoms with Crippen LogP contribution in [0.2, 0.25) is 5.02 Å². The summed E-state index contributed by atoms with van der Waals surface area (Å²) >= 11 is 6.01.